The first-order valence-corrected chi connectivity index (χ1v) is 6.62. The Morgan fingerprint density at radius 1 is 1.20 bits per heavy atom. The minimum Gasteiger partial charge on any atom is -0.448 e. The number of aromatic amines is 1. The van der Waals surface area contributed by atoms with Gasteiger partial charge < -0.3 is 9.51 Å². The number of aromatic nitrogens is 2. The first-order valence-electron chi connectivity index (χ1n) is 6.15. The topological polar surface area (TPSA) is 55.0 Å². The summed E-state index contributed by atoms with van der Waals surface area (Å²) in [6.45, 7) is 2.04. The fourth-order valence-corrected chi connectivity index (χ4v) is 2.19. The highest BCUT2D eigenvalue weighted by atomic mass is 31.0. The lowest BCUT2D eigenvalue weighted by molar-refractivity contribution is 0.0766. The Balaban J connectivity index is 2.06. The van der Waals surface area contributed by atoms with Gasteiger partial charge >= 0.3 is 5.97 Å². The van der Waals surface area contributed by atoms with Gasteiger partial charge in [-0.05, 0) is 25.1 Å². The quantitative estimate of drug-likeness (QED) is 0.733. The average Bonchev–Trinajstić information content (AvgIpc) is 2.90. The van der Waals surface area contributed by atoms with E-state index in [1.807, 2.05) is 40.7 Å². The first kappa shape index (κ1) is 12.8. The van der Waals surface area contributed by atoms with E-state index in [1.165, 1.54) is 5.56 Å². The van der Waals surface area contributed by atoms with Gasteiger partial charge in [-0.2, -0.15) is 0 Å². The summed E-state index contributed by atoms with van der Waals surface area (Å²) in [5, 5.41) is 0. The number of carbonyl (C=O) groups is 1. The molecule has 0 aliphatic carbocycles. The van der Waals surface area contributed by atoms with Gasteiger partial charge in [0.05, 0.1) is 26.1 Å². The average molecular weight is 284 g/mol. The maximum absolute atomic E-state index is 11.5. The highest BCUT2D eigenvalue weighted by Crippen LogP contribution is 2.22. The summed E-state index contributed by atoms with van der Waals surface area (Å²) >= 11 is 0. The molecule has 4 nitrogen and oxygen atoms in total. The molecule has 1 N–H and O–H groups in total. The van der Waals surface area contributed by atoms with Crippen LogP contribution in [0.1, 0.15) is 15.9 Å². The summed E-state index contributed by atoms with van der Waals surface area (Å²) in [6, 6.07) is 13.4. The number of hydrogen-bond donors (Lipinski definition) is 1. The lowest BCUT2D eigenvalue weighted by atomic mass is 10.1. The van der Waals surface area contributed by atoms with Gasteiger partial charge in [0, 0.05) is 5.56 Å². The van der Waals surface area contributed by atoms with Crippen molar-refractivity contribution in [1.82, 2.24) is 9.97 Å². The van der Waals surface area contributed by atoms with Gasteiger partial charge in [0.15, 0.2) is 0 Å². The Morgan fingerprint density at radius 3 is 2.65 bits per heavy atom. The van der Waals surface area contributed by atoms with Crippen molar-refractivity contribution in [2.24, 2.45) is 0 Å². The van der Waals surface area contributed by atoms with E-state index >= 15 is 0 Å². The Kier molecular flexibility index (Phi) is 3.25. The number of aryl methyl sites for hydroxylation is 1. The minimum absolute atomic E-state index is 0.386. The van der Waals surface area contributed by atoms with Crippen molar-refractivity contribution in [3.63, 3.8) is 0 Å². The number of rotatable bonds is 2. The monoisotopic (exact) mass is 284 g/mol. The van der Waals surface area contributed by atoms with Gasteiger partial charge in [-0.1, -0.05) is 29.8 Å². The molecule has 5 heteroatoms. The standard InChI is InChI=1S/C15H13N2O2P/c1-9-2-4-10(5-3-9)14-16-12-7-6-11(15(18)19-20)8-13(12)17-14/h2-8H,20H2,1H3,(H,16,17). The molecule has 20 heavy (non-hydrogen) atoms. The number of fused-ring (bicyclic) bond motifs is 1. The Labute approximate surface area is 118 Å². The van der Waals surface area contributed by atoms with Gasteiger partial charge in [-0.15, -0.1) is 0 Å². The van der Waals surface area contributed by atoms with Crippen LogP contribution < -0.4 is 0 Å². The van der Waals surface area contributed by atoms with E-state index in [-0.39, 0.29) is 5.97 Å². The SMILES string of the molecule is Cc1ccc(-c2nc3ccc(C(=O)OP)cc3[nH]2)cc1. The molecule has 1 atom stereocenters. The summed E-state index contributed by atoms with van der Waals surface area (Å²) in [5.41, 5.74) is 4.35. The van der Waals surface area contributed by atoms with Gasteiger partial charge in [-0.3, -0.25) is 0 Å². The third kappa shape index (κ3) is 2.30. The molecule has 2 aromatic carbocycles. The van der Waals surface area contributed by atoms with Crippen LogP contribution in [0.5, 0.6) is 0 Å². The molecule has 100 valence electrons. The predicted molar refractivity (Wildman–Crippen MR) is 81.4 cm³/mol. The number of nitrogens with one attached hydrogen (secondary N) is 1. The number of nitrogens with zero attached hydrogens (tertiary/aromatic N) is 1. The molecular weight excluding hydrogens is 271 g/mol. The zero-order valence-electron chi connectivity index (χ0n) is 10.9. The summed E-state index contributed by atoms with van der Waals surface area (Å²) in [5.74, 6) is 0.403. The summed E-state index contributed by atoms with van der Waals surface area (Å²) in [6.07, 6.45) is 0. The molecule has 0 amide bonds. The molecule has 1 unspecified atom stereocenters. The van der Waals surface area contributed by atoms with Gasteiger partial charge in [0.1, 0.15) is 5.82 Å². The number of hydrogen-bond acceptors (Lipinski definition) is 3. The number of carbonyl (C=O) groups excluding carboxylic acids is 1. The zero-order chi connectivity index (χ0) is 14.1. The Bertz CT molecular complexity index is 778. The largest absolute Gasteiger partial charge is 0.448 e. The molecule has 3 rings (SSSR count). The normalized spacial score (nSPS) is 10.7. The van der Waals surface area contributed by atoms with E-state index < -0.39 is 0 Å². The zero-order valence-corrected chi connectivity index (χ0v) is 12.0. The van der Waals surface area contributed by atoms with Crippen molar-refractivity contribution >= 4 is 26.5 Å². The fraction of sp³-hybridized carbons (Fsp3) is 0.0667. The van der Waals surface area contributed by atoms with Crippen molar-refractivity contribution in [3.05, 3.63) is 53.6 Å². The van der Waals surface area contributed by atoms with Crippen LogP contribution in [0.2, 0.25) is 0 Å². The van der Waals surface area contributed by atoms with Crippen molar-refractivity contribution in [2.45, 2.75) is 6.92 Å². The molecule has 0 aliphatic rings. The van der Waals surface area contributed by atoms with E-state index in [0.29, 0.717) is 5.56 Å². The van der Waals surface area contributed by atoms with Crippen LogP contribution in [-0.2, 0) is 4.52 Å². The van der Waals surface area contributed by atoms with E-state index in [0.717, 1.165) is 22.4 Å². The molecule has 0 saturated carbocycles. The number of imidazole rings is 1. The van der Waals surface area contributed by atoms with E-state index in [9.17, 15) is 4.79 Å². The van der Waals surface area contributed by atoms with Gasteiger partial charge in [0.2, 0.25) is 0 Å². The van der Waals surface area contributed by atoms with Crippen LogP contribution in [0, 0.1) is 6.92 Å². The van der Waals surface area contributed by atoms with Crippen LogP contribution in [-0.4, -0.2) is 15.9 Å². The Morgan fingerprint density at radius 2 is 1.95 bits per heavy atom. The fourth-order valence-electron chi connectivity index (χ4n) is 2.05. The highest BCUT2D eigenvalue weighted by molar-refractivity contribution is 7.10. The summed E-state index contributed by atoms with van der Waals surface area (Å²) < 4.78 is 4.63. The molecule has 1 aromatic heterocycles. The maximum atomic E-state index is 11.5. The maximum Gasteiger partial charge on any atom is 0.340 e. The van der Waals surface area contributed by atoms with Crippen molar-refractivity contribution in [1.29, 1.82) is 0 Å². The lowest BCUT2D eigenvalue weighted by Crippen LogP contribution is -1.96. The van der Waals surface area contributed by atoms with Crippen LogP contribution >= 0.6 is 9.47 Å². The molecule has 1 heterocycles. The van der Waals surface area contributed by atoms with Crippen LogP contribution in [0.3, 0.4) is 0 Å². The van der Waals surface area contributed by atoms with Gasteiger partial charge in [0.25, 0.3) is 0 Å². The predicted octanol–water partition coefficient (Wildman–Crippen LogP) is 3.49. The molecule has 0 fully saturated rings. The molecule has 0 radical (unpaired) electrons. The van der Waals surface area contributed by atoms with Crippen molar-refractivity contribution in [2.75, 3.05) is 0 Å². The van der Waals surface area contributed by atoms with E-state index in [1.54, 1.807) is 18.2 Å². The molecule has 0 saturated heterocycles. The molecule has 0 spiro atoms. The number of H-pyrrole nitrogens is 1. The van der Waals surface area contributed by atoms with Gasteiger partial charge in [-0.25, -0.2) is 9.78 Å². The first-order chi connectivity index (χ1) is 9.67. The summed E-state index contributed by atoms with van der Waals surface area (Å²) in [7, 11) is 1.96. The molecular formula is C15H13N2O2P. The second-order valence-corrected chi connectivity index (χ2v) is 4.82. The van der Waals surface area contributed by atoms with Crippen molar-refractivity contribution in [3.8, 4) is 11.4 Å². The second-order valence-electron chi connectivity index (χ2n) is 4.59. The highest BCUT2D eigenvalue weighted by Gasteiger charge is 2.09. The number of benzene rings is 2. The third-order valence-corrected chi connectivity index (χ3v) is 3.36. The van der Waals surface area contributed by atoms with E-state index in [4.69, 9.17) is 0 Å². The smallest absolute Gasteiger partial charge is 0.340 e. The minimum atomic E-state index is -0.386. The van der Waals surface area contributed by atoms with Crippen LogP contribution in [0.25, 0.3) is 22.4 Å². The second kappa shape index (κ2) is 5.06. The molecule has 0 aliphatic heterocycles. The molecule has 3 aromatic rings. The summed E-state index contributed by atoms with van der Waals surface area (Å²) in [4.78, 5) is 19.2. The van der Waals surface area contributed by atoms with Crippen LogP contribution in [0.4, 0.5) is 0 Å². The molecule has 0 bridgehead atoms. The third-order valence-electron chi connectivity index (χ3n) is 3.15. The van der Waals surface area contributed by atoms with E-state index in [2.05, 4.69) is 14.5 Å². The van der Waals surface area contributed by atoms with Crippen molar-refractivity contribution < 1.29 is 9.32 Å². The van der Waals surface area contributed by atoms with Crippen LogP contribution in [0.15, 0.2) is 42.5 Å². The lowest BCUT2D eigenvalue weighted by Gasteiger charge is -1.97. The Hall–Kier alpha value is -2.19.